The summed E-state index contributed by atoms with van der Waals surface area (Å²) in [7, 11) is -1.01. The minimum atomic E-state index is -3.83. The van der Waals surface area contributed by atoms with E-state index in [-0.39, 0.29) is 17.5 Å². The van der Waals surface area contributed by atoms with E-state index in [1.54, 1.807) is 36.6 Å². The molecule has 1 aliphatic rings. The van der Waals surface area contributed by atoms with E-state index in [1.807, 2.05) is 12.1 Å². The standard InChI is InChI=1S/C19H20ClFN4O2S2/c1-24(2)29(26,27)23-19(28-3)25-12-16(15-6-4-5-7-17(15)21)18(22-25)13-8-10-14(20)11-9-13/h4-11,16H,12H2,1-3H3/b23-19-. The van der Waals surface area contributed by atoms with Gasteiger partial charge in [-0.15, -0.1) is 4.40 Å². The maximum Gasteiger partial charge on any atom is 0.324 e. The third-order valence-electron chi connectivity index (χ3n) is 4.39. The van der Waals surface area contributed by atoms with Crippen molar-refractivity contribution in [2.45, 2.75) is 5.92 Å². The maximum absolute atomic E-state index is 14.5. The molecule has 10 heteroatoms. The van der Waals surface area contributed by atoms with E-state index < -0.39 is 16.1 Å². The molecule has 29 heavy (non-hydrogen) atoms. The van der Waals surface area contributed by atoms with Gasteiger partial charge in [0.25, 0.3) is 0 Å². The fourth-order valence-corrected chi connectivity index (χ4v) is 4.36. The molecule has 0 saturated carbocycles. The van der Waals surface area contributed by atoms with Crippen molar-refractivity contribution in [3.05, 3.63) is 70.5 Å². The topological polar surface area (TPSA) is 65.3 Å². The van der Waals surface area contributed by atoms with Crippen LogP contribution >= 0.6 is 23.4 Å². The molecule has 0 aromatic heterocycles. The lowest BCUT2D eigenvalue weighted by atomic mass is 9.90. The molecule has 0 bridgehead atoms. The number of hydrazone groups is 1. The quantitative estimate of drug-likeness (QED) is 0.520. The molecule has 0 N–H and O–H groups in total. The first-order valence-electron chi connectivity index (χ1n) is 8.65. The van der Waals surface area contributed by atoms with Gasteiger partial charge in [-0.25, -0.2) is 9.40 Å². The van der Waals surface area contributed by atoms with Crippen LogP contribution in [0.2, 0.25) is 5.02 Å². The lowest BCUT2D eigenvalue weighted by Crippen LogP contribution is -2.27. The molecule has 1 unspecified atom stereocenters. The second-order valence-electron chi connectivity index (χ2n) is 6.49. The van der Waals surface area contributed by atoms with Crippen LogP contribution in [0.15, 0.2) is 58.0 Å². The first-order chi connectivity index (χ1) is 13.7. The Bertz CT molecular complexity index is 1060. The average molecular weight is 455 g/mol. The number of halogens is 2. The van der Waals surface area contributed by atoms with Crippen molar-refractivity contribution in [3.63, 3.8) is 0 Å². The number of nitrogens with zero attached hydrogens (tertiary/aromatic N) is 4. The van der Waals surface area contributed by atoms with E-state index >= 15 is 0 Å². The van der Waals surface area contributed by atoms with Gasteiger partial charge < -0.3 is 0 Å². The number of hydrogen-bond acceptors (Lipinski definition) is 4. The highest BCUT2D eigenvalue weighted by Gasteiger charge is 2.33. The number of amidine groups is 1. The van der Waals surface area contributed by atoms with E-state index in [0.29, 0.717) is 16.3 Å². The van der Waals surface area contributed by atoms with Crippen LogP contribution in [0.3, 0.4) is 0 Å². The summed E-state index contributed by atoms with van der Waals surface area (Å²) in [5.74, 6) is -0.735. The summed E-state index contributed by atoms with van der Waals surface area (Å²) in [4.78, 5) is 0. The molecule has 0 spiro atoms. The Kier molecular flexibility index (Phi) is 6.62. The second kappa shape index (κ2) is 8.83. The van der Waals surface area contributed by atoms with Gasteiger partial charge in [0.1, 0.15) is 5.82 Å². The summed E-state index contributed by atoms with van der Waals surface area (Å²) >= 11 is 7.16. The van der Waals surface area contributed by atoms with Crippen molar-refractivity contribution >= 4 is 44.5 Å². The van der Waals surface area contributed by atoms with Crippen LogP contribution in [0.4, 0.5) is 4.39 Å². The van der Waals surface area contributed by atoms with Crippen LogP contribution in [-0.2, 0) is 10.2 Å². The highest BCUT2D eigenvalue weighted by atomic mass is 35.5. The monoisotopic (exact) mass is 454 g/mol. The summed E-state index contributed by atoms with van der Waals surface area (Å²) in [6.07, 6.45) is 1.72. The van der Waals surface area contributed by atoms with E-state index in [1.165, 1.54) is 25.2 Å². The molecule has 0 fully saturated rings. The smallest absolute Gasteiger partial charge is 0.240 e. The number of rotatable bonds is 4. The predicted molar refractivity (Wildman–Crippen MR) is 117 cm³/mol. The van der Waals surface area contributed by atoms with E-state index in [2.05, 4.69) is 9.50 Å². The van der Waals surface area contributed by atoms with Gasteiger partial charge in [0.05, 0.1) is 18.2 Å². The third-order valence-corrected chi connectivity index (χ3v) is 6.75. The zero-order valence-electron chi connectivity index (χ0n) is 16.1. The van der Waals surface area contributed by atoms with Crippen LogP contribution in [0.1, 0.15) is 17.0 Å². The van der Waals surface area contributed by atoms with Gasteiger partial charge in [-0.1, -0.05) is 53.7 Å². The summed E-state index contributed by atoms with van der Waals surface area (Å²) in [5, 5.41) is 6.90. The highest BCUT2D eigenvalue weighted by molar-refractivity contribution is 8.13. The lowest BCUT2D eigenvalue weighted by molar-refractivity contribution is 0.476. The zero-order valence-corrected chi connectivity index (χ0v) is 18.5. The molecule has 3 rings (SSSR count). The van der Waals surface area contributed by atoms with Crippen molar-refractivity contribution in [1.82, 2.24) is 9.31 Å². The van der Waals surface area contributed by atoms with Gasteiger partial charge in [0.15, 0.2) is 5.17 Å². The zero-order chi connectivity index (χ0) is 21.2. The van der Waals surface area contributed by atoms with Gasteiger partial charge in [0.2, 0.25) is 0 Å². The average Bonchev–Trinajstić information content (AvgIpc) is 3.12. The SMILES string of the molecule is CS/C(=N\S(=O)(=O)N(C)C)N1CC(c2ccccc2F)C(c2ccc(Cl)cc2)=N1. The van der Waals surface area contributed by atoms with Crippen molar-refractivity contribution in [2.75, 3.05) is 26.9 Å². The minimum Gasteiger partial charge on any atom is -0.240 e. The minimum absolute atomic E-state index is 0.212. The molecule has 0 radical (unpaired) electrons. The van der Waals surface area contributed by atoms with Gasteiger partial charge >= 0.3 is 10.2 Å². The highest BCUT2D eigenvalue weighted by Crippen LogP contribution is 2.32. The van der Waals surface area contributed by atoms with Crippen LogP contribution in [0, 0.1) is 5.82 Å². The molecule has 2 aromatic carbocycles. The largest absolute Gasteiger partial charge is 0.324 e. The van der Waals surface area contributed by atoms with E-state index in [0.717, 1.165) is 21.6 Å². The molecule has 6 nitrogen and oxygen atoms in total. The Morgan fingerprint density at radius 2 is 1.90 bits per heavy atom. The van der Waals surface area contributed by atoms with Crippen LogP contribution in [0.25, 0.3) is 0 Å². The fourth-order valence-electron chi connectivity index (χ4n) is 2.87. The molecular formula is C19H20ClFN4O2S2. The lowest BCUT2D eigenvalue weighted by Gasteiger charge is -2.18. The van der Waals surface area contributed by atoms with Crippen molar-refractivity contribution in [1.29, 1.82) is 0 Å². The van der Waals surface area contributed by atoms with Crippen LogP contribution < -0.4 is 0 Å². The van der Waals surface area contributed by atoms with Gasteiger partial charge in [-0.3, -0.25) is 0 Å². The Morgan fingerprint density at radius 1 is 1.24 bits per heavy atom. The Hall–Kier alpha value is -1.94. The van der Waals surface area contributed by atoms with Crippen molar-refractivity contribution in [2.24, 2.45) is 9.50 Å². The molecule has 154 valence electrons. The van der Waals surface area contributed by atoms with Crippen LogP contribution in [-0.4, -0.2) is 55.5 Å². The van der Waals surface area contributed by atoms with Crippen molar-refractivity contribution in [3.8, 4) is 0 Å². The number of hydrogen-bond donors (Lipinski definition) is 0. The fraction of sp³-hybridized carbons (Fsp3) is 0.263. The molecule has 1 atom stereocenters. The molecule has 1 heterocycles. The van der Waals surface area contributed by atoms with Gasteiger partial charge in [0, 0.05) is 19.1 Å². The predicted octanol–water partition coefficient (Wildman–Crippen LogP) is 3.81. The molecule has 0 amide bonds. The molecular weight excluding hydrogens is 435 g/mol. The summed E-state index contributed by atoms with van der Waals surface area (Å²) in [6, 6.07) is 13.6. The first kappa shape index (κ1) is 21.8. The van der Waals surface area contributed by atoms with Gasteiger partial charge in [-0.05, 0) is 35.6 Å². The van der Waals surface area contributed by atoms with E-state index in [9.17, 15) is 12.8 Å². The summed E-state index contributed by atoms with van der Waals surface area (Å²) in [6.45, 7) is 0.265. The second-order valence-corrected chi connectivity index (χ2v) is 9.50. The maximum atomic E-state index is 14.5. The number of benzene rings is 2. The third kappa shape index (κ3) is 4.80. The molecule has 1 aliphatic heterocycles. The Labute approximate surface area is 179 Å². The van der Waals surface area contributed by atoms with Crippen LogP contribution in [0.5, 0.6) is 0 Å². The first-order valence-corrected chi connectivity index (χ1v) is 11.7. The summed E-state index contributed by atoms with van der Waals surface area (Å²) in [5.41, 5.74) is 1.89. The van der Waals surface area contributed by atoms with Crippen molar-refractivity contribution < 1.29 is 12.8 Å². The van der Waals surface area contributed by atoms with E-state index in [4.69, 9.17) is 11.6 Å². The normalized spacial score (nSPS) is 17.7. The Balaban J connectivity index is 2.08. The molecule has 0 saturated heterocycles. The molecule has 0 aliphatic carbocycles. The Morgan fingerprint density at radius 3 is 2.48 bits per heavy atom. The number of thioether (sulfide) groups is 1. The molecule has 2 aromatic rings. The van der Waals surface area contributed by atoms with Gasteiger partial charge in [-0.2, -0.15) is 17.8 Å². The summed E-state index contributed by atoms with van der Waals surface area (Å²) < 4.78 is 43.9.